The number of Topliss-reactive ketones (excluding diaryl/α,β-unsaturated/α-hetero) is 2. The maximum atomic E-state index is 12.4. The first kappa shape index (κ1) is 19.8. The highest BCUT2D eigenvalue weighted by molar-refractivity contribution is 6.04. The predicted octanol–water partition coefficient (Wildman–Crippen LogP) is 4.45. The lowest BCUT2D eigenvalue weighted by molar-refractivity contribution is -0.116. The molecule has 5 heteroatoms. The molecule has 0 spiro atoms. The fourth-order valence-corrected chi connectivity index (χ4v) is 3.27. The van der Waals surface area contributed by atoms with Crippen LogP contribution < -0.4 is 10.1 Å². The molecule has 1 N–H and O–H groups in total. The lowest BCUT2D eigenvalue weighted by Gasteiger charge is -2.19. The van der Waals surface area contributed by atoms with Crippen molar-refractivity contribution in [2.45, 2.75) is 39.5 Å². The van der Waals surface area contributed by atoms with Crippen LogP contribution in [-0.4, -0.2) is 24.1 Å². The van der Waals surface area contributed by atoms with Crippen LogP contribution in [0.25, 0.3) is 0 Å². The lowest BCUT2D eigenvalue weighted by atomic mass is 9.99. The Labute approximate surface area is 165 Å². The highest BCUT2D eigenvalue weighted by Crippen LogP contribution is 2.33. The third-order valence-corrected chi connectivity index (χ3v) is 4.66. The van der Waals surface area contributed by atoms with Crippen LogP contribution in [0.2, 0.25) is 0 Å². The molecular weight excluding hydrogens is 354 g/mol. The molecule has 0 aromatic heterocycles. The smallest absolute Gasteiger partial charge is 0.224 e. The highest BCUT2D eigenvalue weighted by Gasteiger charge is 2.22. The molecule has 1 heterocycles. The molecule has 0 atom stereocenters. The van der Waals surface area contributed by atoms with Crippen molar-refractivity contribution in [1.82, 2.24) is 0 Å². The number of nitrogens with one attached hydrogen (secondary N) is 1. The van der Waals surface area contributed by atoms with E-state index >= 15 is 0 Å². The van der Waals surface area contributed by atoms with Gasteiger partial charge in [0.25, 0.3) is 0 Å². The number of benzene rings is 2. The average molecular weight is 379 g/mol. The second kappa shape index (κ2) is 8.83. The van der Waals surface area contributed by atoms with Gasteiger partial charge in [0.15, 0.2) is 17.3 Å². The van der Waals surface area contributed by atoms with E-state index in [9.17, 15) is 14.4 Å². The molecule has 0 radical (unpaired) electrons. The fraction of sp³-hybridized carbons (Fsp3) is 0.348. The molecule has 1 aliphatic rings. The Balaban J connectivity index is 1.57. The van der Waals surface area contributed by atoms with Gasteiger partial charge in [-0.2, -0.15) is 0 Å². The van der Waals surface area contributed by atoms with E-state index in [1.165, 1.54) is 5.56 Å². The summed E-state index contributed by atoms with van der Waals surface area (Å²) < 4.78 is 5.56. The molecule has 146 valence electrons. The van der Waals surface area contributed by atoms with Gasteiger partial charge in [-0.1, -0.05) is 44.2 Å². The highest BCUT2D eigenvalue weighted by atomic mass is 16.5. The standard InChI is InChI=1S/C23H25NO4/c1-15(2)14-16-6-8-17(9-7-16)20(25)10-11-22(27)24-19-5-3-4-18-21(26)12-13-28-23(18)19/h3-9,15H,10-14H2,1-2H3,(H,24,27). The third-order valence-electron chi connectivity index (χ3n) is 4.66. The summed E-state index contributed by atoms with van der Waals surface area (Å²) in [6.45, 7) is 4.62. The Morgan fingerprint density at radius 3 is 2.54 bits per heavy atom. The van der Waals surface area contributed by atoms with Crippen molar-refractivity contribution in [1.29, 1.82) is 0 Å². The quantitative estimate of drug-likeness (QED) is 0.721. The molecular formula is C23H25NO4. The largest absolute Gasteiger partial charge is 0.490 e. The van der Waals surface area contributed by atoms with Gasteiger partial charge in [-0.15, -0.1) is 0 Å². The molecule has 5 nitrogen and oxygen atoms in total. The summed E-state index contributed by atoms with van der Waals surface area (Å²) in [6.07, 6.45) is 1.52. The van der Waals surface area contributed by atoms with Gasteiger partial charge in [0.05, 0.1) is 17.9 Å². The molecule has 0 saturated carbocycles. The molecule has 3 rings (SSSR count). The van der Waals surface area contributed by atoms with Gasteiger partial charge >= 0.3 is 0 Å². The molecule has 2 aromatic carbocycles. The third kappa shape index (κ3) is 4.85. The second-order valence-electron chi connectivity index (χ2n) is 7.47. The molecule has 2 aromatic rings. The first-order valence-corrected chi connectivity index (χ1v) is 9.65. The van der Waals surface area contributed by atoms with Crippen LogP contribution in [0.1, 0.15) is 59.4 Å². The zero-order valence-electron chi connectivity index (χ0n) is 16.3. The summed E-state index contributed by atoms with van der Waals surface area (Å²) >= 11 is 0. The number of ketones is 2. The van der Waals surface area contributed by atoms with E-state index in [1.54, 1.807) is 18.2 Å². The summed E-state index contributed by atoms with van der Waals surface area (Å²) in [5, 5.41) is 2.76. The minimum Gasteiger partial charge on any atom is -0.490 e. The number of anilines is 1. The van der Waals surface area contributed by atoms with E-state index < -0.39 is 0 Å². The number of ether oxygens (including phenoxy) is 1. The van der Waals surface area contributed by atoms with Gasteiger partial charge in [-0.25, -0.2) is 0 Å². The lowest BCUT2D eigenvalue weighted by Crippen LogP contribution is -2.19. The van der Waals surface area contributed by atoms with Crippen LogP contribution in [0.4, 0.5) is 5.69 Å². The van der Waals surface area contributed by atoms with Crippen molar-refractivity contribution in [3.05, 3.63) is 59.2 Å². The van der Waals surface area contributed by atoms with Crippen LogP contribution >= 0.6 is 0 Å². The number of fused-ring (bicyclic) bond motifs is 1. The number of carbonyl (C=O) groups excluding carboxylic acids is 3. The molecule has 0 aliphatic carbocycles. The Hall–Kier alpha value is -2.95. The summed E-state index contributed by atoms with van der Waals surface area (Å²) in [7, 11) is 0. The molecule has 1 aliphatic heterocycles. The molecule has 0 fully saturated rings. The summed E-state index contributed by atoms with van der Waals surface area (Å²) in [6, 6.07) is 12.7. The van der Waals surface area contributed by atoms with E-state index in [4.69, 9.17) is 4.74 Å². The summed E-state index contributed by atoms with van der Waals surface area (Å²) in [4.78, 5) is 36.6. The second-order valence-corrected chi connectivity index (χ2v) is 7.47. The van der Waals surface area contributed by atoms with Crippen molar-refractivity contribution < 1.29 is 19.1 Å². The van der Waals surface area contributed by atoms with E-state index in [1.807, 2.05) is 24.3 Å². The Morgan fingerprint density at radius 2 is 1.82 bits per heavy atom. The first-order valence-electron chi connectivity index (χ1n) is 9.65. The van der Waals surface area contributed by atoms with E-state index in [0.29, 0.717) is 41.5 Å². The average Bonchev–Trinajstić information content (AvgIpc) is 2.67. The van der Waals surface area contributed by atoms with Gasteiger partial charge in [-0.05, 0) is 30.0 Å². The van der Waals surface area contributed by atoms with Crippen LogP contribution in [-0.2, 0) is 11.2 Å². The van der Waals surface area contributed by atoms with Crippen LogP contribution in [0.5, 0.6) is 5.75 Å². The fourth-order valence-electron chi connectivity index (χ4n) is 3.27. The Kier molecular flexibility index (Phi) is 6.24. The maximum Gasteiger partial charge on any atom is 0.224 e. The SMILES string of the molecule is CC(C)Cc1ccc(C(=O)CCC(=O)Nc2cccc3c2OCCC3=O)cc1. The minimum atomic E-state index is -0.278. The molecule has 0 unspecified atom stereocenters. The van der Waals surface area contributed by atoms with Gasteiger partial charge in [0.1, 0.15) is 0 Å². The van der Waals surface area contributed by atoms with Crippen molar-refractivity contribution in [3.8, 4) is 5.75 Å². The van der Waals surface area contributed by atoms with Crippen molar-refractivity contribution in [2.75, 3.05) is 11.9 Å². The number of amides is 1. The predicted molar refractivity (Wildman–Crippen MR) is 108 cm³/mol. The van der Waals surface area contributed by atoms with Crippen molar-refractivity contribution in [2.24, 2.45) is 5.92 Å². The summed E-state index contributed by atoms with van der Waals surface area (Å²) in [5.74, 6) is 0.647. The van der Waals surface area contributed by atoms with E-state index in [0.717, 1.165) is 6.42 Å². The van der Waals surface area contributed by atoms with Crippen molar-refractivity contribution >= 4 is 23.2 Å². The van der Waals surface area contributed by atoms with E-state index in [2.05, 4.69) is 19.2 Å². The van der Waals surface area contributed by atoms with Crippen LogP contribution in [0.15, 0.2) is 42.5 Å². The van der Waals surface area contributed by atoms with Crippen molar-refractivity contribution in [3.63, 3.8) is 0 Å². The molecule has 0 saturated heterocycles. The van der Waals surface area contributed by atoms with Gasteiger partial charge in [0.2, 0.25) is 5.91 Å². The number of hydrogen-bond acceptors (Lipinski definition) is 4. The topological polar surface area (TPSA) is 72.5 Å². The monoisotopic (exact) mass is 379 g/mol. The Bertz CT molecular complexity index is 884. The number of rotatable bonds is 7. The number of hydrogen-bond donors (Lipinski definition) is 1. The molecule has 1 amide bonds. The minimum absolute atomic E-state index is 0.00782. The molecule has 0 bridgehead atoms. The Morgan fingerprint density at radius 1 is 1.07 bits per heavy atom. The van der Waals surface area contributed by atoms with E-state index in [-0.39, 0.29) is 30.3 Å². The normalized spacial score (nSPS) is 13.0. The molecule has 28 heavy (non-hydrogen) atoms. The van der Waals surface area contributed by atoms with Crippen LogP contribution in [0, 0.1) is 5.92 Å². The zero-order chi connectivity index (χ0) is 20.1. The van der Waals surface area contributed by atoms with Crippen LogP contribution in [0.3, 0.4) is 0 Å². The maximum absolute atomic E-state index is 12.4. The first-order chi connectivity index (χ1) is 13.4. The number of para-hydroxylation sites is 1. The number of carbonyl (C=O) groups is 3. The summed E-state index contributed by atoms with van der Waals surface area (Å²) in [5.41, 5.74) is 2.78. The van der Waals surface area contributed by atoms with Gasteiger partial charge in [0, 0.05) is 24.8 Å². The van der Waals surface area contributed by atoms with Gasteiger partial charge in [-0.3, -0.25) is 14.4 Å². The zero-order valence-corrected chi connectivity index (χ0v) is 16.3. The van der Waals surface area contributed by atoms with Gasteiger partial charge < -0.3 is 10.1 Å².